The topological polar surface area (TPSA) is 72.6 Å². The summed E-state index contributed by atoms with van der Waals surface area (Å²) in [4.78, 5) is 24.6. The van der Waals surface area contributed by atoms with Crippen LogP contribution in [-0.4, -0.2) is 19.0 Å². The average Bonchev–Trinajstić information content (AvgIpc) is 2.53. The molecule has 0 heterocycles. The van der Waals surface area contributed by atoms with Crippen molar-refractivity contribution in [1.82, 2.24) is 0 Å². The maximum Gasteiger partial charge on any atom is 0.414 e. The van der Waals surface area contributed by atoms with Crippen molar-refractivity contribution >= 4 is 40.9 Å². The predicted octanol–water partition coefficient (Wildman–Crippen LogP) is 3.87. The quantitative estimate of drug-likeness (QED) is 0.907. The number of anilines is 1. The van der Waals surface area contributed by atoms with E-state index in [-0.39, 0.29) is 6.61 Å². The van der Waals surface area contributed by atoms with Crippen molar-refractivity contribution in [2.75, 3.05) is 11.9 Å². The zero-order valence-corrected chi connectivity index (χ0v) is 13.8. The second-order valence-corrected chi connectivity index (χ2v) is 5.54. The highest BCUT2D eigenvalue weighted by Gasteiger charge is 2.15. The molecule has 2 amide bonds. The summed E-state index contributed by atoms with van der Waals surface area (Å²) >= 11 is 12.0. The van der Waals surface area contributed by atoms with Crippen LogP contribution in [0.5, 0.6) is 0 Å². The Labute approximate surface area is 143 Å². The van der Waals surface area contributed by atoms with Gasteiger partial charge in [-0.1, -0.05) is 35.3 Å². The van der Waals surface area contributed by atoms with Gasteiger partial charge in [-0.15, -0.1) is 0 Å². The molecular weight excluding hydrogens is 339 g/mol. The van der Waals surface area contributed by atoms with Gasteiger partial charge in [0.1, 0.15) is 6.61 Å². The van der Waals surface area contributed by atoms with Gasteiger partial charge in [0.15, 0.2) is 0 Å². The van der Waals surface area contributed by atoms with Crippen molar-refractivity contribution in [3.8, 4) is 0 Å². The third kappa shape index (κ3) is 4.15. The molecule has 0 aliphatic rings. The smallest absolute Gasteiger partial charge is 0.414 e. The minimum absolute atomic E-state index is 0.0583. The molecule has 120 valence electrons. The van der Waals surface area contributed by atoms with Crippen molar-refractivity contribution in [3.63, 3.8) is 0 Å². The Bertz CT molecular complexity index is 730. The average molecular weight is 353 g/mol. The molecule has 0 saturated heterocycles. The molecule has 0 fully saturated rings. The molecule has 0 atom stereocenters. The highest BCUT2D eigenvalue weighted by atomic mass is 35.5. The molecule has 5 nitrogen and oxygen atoms in total. The standard InChI is InChI=1S/C16H14Cl2N2O3/c1-20(11-5-2-4-10(8-11)15(19)21)16(22)23-9-12-13(17)6-3-7-14(12)18/h2-8H,9H2,1H3,(H2,19,21). The molecule has 0 radical (unpaired) electrons. The summed E-state index contributed by atoms with van der Waals surface area (Å²) in [7, 11) is 1.52. The van der Waals surface area contributed by atoms with E-state index in [2.05, 4.69) is 0 Å². The lowest BCUT2D eigenvalue weighted by Gasteiger charge is -2.18. The second-order valence-electron chi connectivity index (χ2n) is 4.73. The number of nitrogens with zero attached hydrogens (tertiary/aromatic N) is 1. The zero-order chi connectivity index (χ0) is 17.0. The molecule has 0 aliphatic heterocycles. The predicted molar refractivity (Wildman–Crippen MR) is 90.0 cm³/mol. The number of carbonyl (C=O) groups is 2. The maximum atomic E-state index is 12.1. The molecule has 2 aromatic carbocycles. The van der Waals surface area contributed by atoms with Crippen molar-refractivity contribution in [3.05, 3.63) is 63.6 Å². The van der Waals surface area contributed by atoms with Gasteiger partial charge >= 0.3 is 6.09 Å². The summed E-state index contributed by atoms with van der Waals surface area (Å²) in [5, 5.41) is 0.840. The molecule has 0 spiro atoms. The van der Waals surface area contributed by atoms with Gasteiger partial charge in [0.05, 0.1) is 0 Å². The van der Waals surface area contributed by atoms with Crippen LogP contribution in [0.3, 0.4) is 0 Å². The van der Waals surface area contributed by atoms with Gasteiger partial charge in [-0.05, 0) is 30.3 Å². The number of amides is 2. The van der Waals surface area contributed by atoms with Crippen LogP contribution in [0.15, 0.2) is 42.5 Å². The third-order valence-corrected chi connectivity index (χ3v) is 3.90. The fourth-order valence-electron chi connectivity index (χ4n) is 1.87. The highest BCUT2D eigenvalue weighted by molar-refractivity contribution is 6.35. The first kappa shape index (κ1) is 17.1. The van der Waals surface area contributed by atoms with Crippen molar-refractivity contribution in [2.24, 2.45) is 5.73 Å². The summed E-state index contributed by atoms with van der Waals surface area (Å²) in [5.41, 5.74) is 6.54. The Morgan fingerprint density at radius 3 is 2.35 bits per heavy atom. The molecule has 0 bridgehead atoms. The number of ether oxygens (including phenoxy) is 1. The van der Waals surface area contributed by atoms with E-state index >= 15 is 0 Å². The van der Waals surface area contributed by atoms with Gasteiger partial charge in [-0.3, -0.25) is 9.69 Å². The lowest BCUT2D eigenvalue weighted by molar-refractivity contribution is 0.1000. The third-order valence-electron chi connectivity index (χ3n) is 3.19. The van der Waals surface area contributed by atoms with E-state index in [1.807, 2.05) is 0 Å². The Kier molecular flexibility index (Phi) is 5.47. The van der Waals surface area contributed by atoms with Gasteiger partial charge in [-0.2, -0.15) is 0 Å². The van der Waals surface area contributed by atoms with Crippen molar-refractivity contribution in [2.45, 2.75) is 6.61 Å². The fraction of sp³-hybridized carbons (Fsp3) is 0.125. The Morgan fingerprint density at radius 1 is 1.13 bits per heavy atom. The van der Waals surface area contributed by atoms with Crippen LogP contribution in [0.4, 0.5) is 10.5 Å². The highest BCUT2D eigenvalue weighted by Crippen LogP contribution is 2.25. The van der Waals surface area contributed by atoms with Crippen LogP contribution in [-0.2, 0) is 11.3 Å². The second kappa shape index (κ2) is 7.35. The number of halogens is 2. The number of carbonyl (C=O) groups excluding carboxylic acids is 2. The van der Waals surface area contributed by atoms with Gasteiger partial charge in [0.2, 0.25) is 5.91 Å². The van der Waals surface area contributed by atoms with Gasteiger partial charge in [-0.25, -0.2) is 4.79 Å². The lowest BCUT2D eigenvalue weighted by atomic mass is 10.2. The summed E-state index contributed by atoms with van der Waals surface area (Å²) in [6.45, 7) is -0.0583. The van der Waals surface area contributed by atoms with Crippen LogP contribution >= 0.6 is 23.2 Å². The molecule has 2 rings (SSSR count). The normalized spacial score (nSPS) is 10.2. The van der Waals surface area contributed by atoms with E-state index in [4.69, 9.17) is 33.7 Å². The van der Waals surface area contributed by atoms with Crippen LogP contribution in [0.1, 0.15) is 15.9 Å². The van der Waals surface area contributed by atoms with Crippen LogP contribution in [0.2, 0.25) is 10.0 Å². The van der Waals surface area contributed by atoms with E-state index in [9.17, 15) is 9.59 Å². The number of nitrogens with two attached hydrogens (primary N) is 1. The minimum atomic E-state index is -0.609. The van der Waals surface area contributed by atoms with Gasteiger partial charge in [0.25, 0.3) is 0 Å². The summed E-state index contributed by atoms with van der Waals surface area (Å²) in [6.07, 6.45) is -0.609. The van der Waals surface area contributed by atoms with E-state index < -0.39 is 12.0 Å². The number of hydrogen-bond donors (Lipinski definition) is 1. The SMILES string of the molecule is CN(C(=O)OCc1c(Cl)cccc1Cl)c1cccc(C(N)=O)c1. The number of benzene rings is 2. The van der Waals surface area contributed by atoms with E-state index in [1.165, 1.54) is 18.0 Å². The first-order valence-corrected chi connectivity index (χ1v) is 7.39. The Hall–Kier alpha value is -2.24. The molecule has 0 saturated carbocycles. The summed E-state index contributed by atoms with van der Waals surface area (Å²) < 4.78 is 5.21. The molecule has 7 heteroatoms. The molecular formula is C16H14Cl2N2O3. The van der Waals surface area contributed by atoms with Crippen molar-refractivity contribution in [1.29, 1.82) is 0 Å². The first-order valence-electron chi connectivity index (χ1n) is 6.63. The summed E-state index contributed by atoms with van der Waals surface area (Å²) in [6, 6.07) is 11.4. The molecule has 2 aromatic rings. The molecule has 23 heavy (non-hydrogen) atoms. The Balaban J connectivity index is 2.09. The van der Waals surface area contributed by atoms with Crippen molar-refractivity contribution < 1.29 is 14.3 Å². The number of primary amides is 1. The zero-order valence-electron chi connectivity index (χ0n) is 12.3. The van der Waals surface area contributed by atoms with Gasteiger partial charge in [0, 0.05) is 33.9 Å². The first-order chi connectivity index (χ1) is 10.9. The fourth-order valence-corrected chi connectivity index (χ4v) is 2.38. The molecule has 0 aliphatic carbocycles. The van der Waals surface area contributed by atoms with Gasteiger partial charge < -0.3 is 10.5 Å². The van der Waals surface area contributed by atoms with E-state index in [1.54, 1.807) is 36.4 Å². The largest absolute Gasteiger partial charge is 0.444 e. The summed E-state index contributed by atoms with van der Waals surface area (Å²) in [5.74, 6) is -0.573. The Morgan fingerprint density at radius 2 is 1.74 bits per heavy atom. The molecule has 0 aromatic heterocycles. The minimum Gasteiger partial charge on any atom is -0.444 e. The molecule has 0 unspecified atom stereocenters. The number of hydrogen-bond acceptors (Lipinski definition) is 3. The van der Waals surface area contributed by atoms with Crippen LogP contribution in [0.25, 0.3) is 0 Å². The van der Waals surface area contributed by atoms with Crippen LogP contribution < -0.4 is 10.6 Å². The molecule has 2 N–H and O–H groups in total. The van der Waals surface area contributed by atoms with E-state index in [0.717, 1.165) is 0 Å². The van der Waals surface area contributed by atoms with E-state index in [0.29, 0.717) is 26.9 Å². The lowest BCUT2D eigenvalue weighted by Crippen LogP contribution is -2.27. The maximum absolute atomic E-state index is 12.1. The number of rotatable bonds is 4. The van der Waals surface area contributed by atoms with Crippen LogP contribution in [0, 0.1) is 0 Å². The monoisotopic (exact) mass is 352 g/mol.